The molecule has 2 aromatic rings. The van der Waals surface area contributed by atoms with Crippen LogP contribution in [0.25, 0.3) is 0 Å². The third-order valence-corrected chi connectivity index (χ3v) is 5.68. The van der Waals surface area contributed by atoms with E-state index in [9.17, 15) is 28.8 Å². The molecule has 38 heavy (non-hydrogen) atoms. The highest BCUT2D eigenvalue weighted by atomic mass is 16.6. The monoisotopic (exact) mass is 540 g/mol. The number of carbonyl (C=O) groups excluding carboxylic acids is 2. The molecule has 0 radical (unpaired) electrons. The molecule has 16 heteroatoms. The summed E-state index contributed by atoms with van der Waals surface area (Å²) in [6.07, 6.45) is -0.921. The molecule has 2 fully saturated rings. The molecule has 0 bridgehead atoms. The second-order valence-corrected chi connectivity index (χ2v) is 8.43. The van der Waals surface area contributed by atoms with Crippen molar-refractivity contribution in [3.8, 4) is 0 Å². The van der Waals surface area contributed by atoms with E-state index in [1.165, 1.54) is 47.5 Å². The Balaban J connectivity index is 0.000000211. The summed E-state index contributed by atoms with van der Waals surface area (Å²) in [5.41, 5.74) is -2.24. The number of H-pyrrole nitrogens is 2. The molecule has 2 aliphatic heterocycles. The SMILES string of the molecule is CC(=O)O[C@H]1C[C@H](n2ccc(=O)[nH]c2=O)O[C@@H]1CO.CC(=O)O[C@H]1C[C@H](n2ccc(=O)[nH]c2=O)O[C@@H]1CO. The van der Waals surface area contributed by atoms with Crippen LogP contribution >= 0.6 is 0 Å². The van der Waals surface area contributed by atoms with Gasteiger partial charge in [0.1, 0.15) is 36.9 Å². The zero-order valence-corrected chi connectivity index (χ0v) is 20.5. The second kappa shape index (κ2) is 12.6. The minimum Gasteiger partial charge on any atom is -0.460 e. The van der Waals surface area contributed by atoms with Crippen LogP contribution in [0.1, 0.15) is 39.1 Å². The van der Waals surface area contributed by atoms with Crippen LogP contribution in [-0.4, -0.2) is 78.9 Å². The first-order valence-corrected chi connectivity index (χ1v) is 11.5. The average molecular weight is 540 g/mol. The molecule has 0 spiro atoms. The lowest BCUT2D eigenvalue weighted by atomic mass is 10.2. The molecule has 0 aromatic carbocycles. The zero-order valence-electron chi connectivity index (χ0n) is 20.5. The van der Waals surface area contributed by atoms with Crippen molar-refractivity contribution in [2.75, 3.05) is 13.2 Å². The van der Waals surface area contributed by atoms with Crippen molar-refractivity contribution in [2.24, 2.45) is 0 Å². The van der Waals surface area contributed by atoms with E-state index in [1.807, 2.05) is 0 Å². The highest BCUT2D eigenvalue weighted by Gasteiger charge is 2.39. The summed E-state index contributed by atoms with van der Waals surface area (Å²) >= 11 is 0. The Morgan fingerprint density at radius 1 is 0.816 bits per heavy atom. The Morgan fingerprint density at radius 3 is 1.47 bits per heavy atom. The van der Waals surface area contributed by atoms with E-state index in [2.05, 4.69) is 9.97 Å². The van der Waals surface area contributed by atoms with Gasteiger partial charge < -0.3 is 29.2 Å². The lowest BCUT2D eigenvalue weighted by molar-refractivity contribution is -0.151. The Morgan fingerprint density at radius 2 is 1.18 bits per heavy atom. The molecule has 0 saturated carbocycles. The molecule has 4 rings (SSSR count). The molecule has 4 N–H and O–H groups in total. The smallest absolute Gasteiger partial charge is 0.330 e. The van der Waals surface area contributed by atoms with Gasteiger partial charge in [-0.3, -0.25) is 38.3 Å². The molecule has 4 heterocycles. The van der Waals surface area contributed by atoms with Gasteiger partial charge in [0.05, 0.1) is 13.2 Å². The van der Waals surface area contributed by atoms with Gasteiger partial charge in [0.15, 0.2) is 0 Å². The molecule has 0 unspecified atom stereocenters. The van der Waals surface area contributed by atoms with Crippen LogP contribution in [0, 0.1) is 0 Å². The fraction of sp³-hybridized carbons (Fsp3) is 0.545. The van der Waals surface area contributed by atoms with Gasteiger partial charge >= 0.3 is 23.3 Å². The number of ether oxygens (including phenoxy) is 4. The van der Waals surface area contributed by atoms with Gasteiger partial charge in [-0.1, -0.05) is 0 Å². The second-order valence-electron chi connectivity index (χ2n) is 8.43. The number of rotatable bonds is 6. The maximum Gasteiger partial charge on any atom is 0.330 e. The Hall–Kier alpha value is -3.86. The molecular weight excluding hydrogens is 512 g/mol. The highest BCUT2D eigenvalue weighted by molar-refractivity contribution is 5.66. The number of nitrogens with zero attached hydrogens (tertiary/aromatic N) is 2. The highest BCUT2D eigenvalue weighted by Crippen LogP contribution is 2.30. The van der Waals surface area contributed by atoms with Gasteiger partial charge in [0, 0.05) is 51.2 Å². The van der Waals surface area contributed by atoms with Crippen molar-refractivity contribution in [2.45, 2.75) is 63.6 Å². The summed E-state index contributed by atoms with van der Waals surface area (Å²) in [4.78, 5) is 71.2. The van der Waals surface area contributed by atoms with Crippen molar-refractivity contribution in [3.63, 3.8) is 0 Å². The lowest BCUT2D eigenvalue weighted by Crippen LogP contribution is -2.31. The number of aliphatic hydroxyl groups excluding tert-OH is 2. The van der Waals surface area contributed by atoms with E-state index < -0.39 is 71.3 Å². The summed E-state index contributed by atoms with van der Waals surface area (Å²) in [6, 6.07) is 2.38. The third kappa shape index (κ3) is 7.12. The number of aromatic amines is 2. The van der Waals surface area contributed by atoms with Crippen molar-refractivity contribution >= 4 is 11.9 Å². The lowest BCUT2D eigenvalue weighted by Gasteiger charge is -2.15. The van der Waals surface area contributed by atoms with Crippen LogP contribution in [0.2, 0.25) is 0 Å². The van der Waals surface area contributed by atoms with Gasteiger partial charge in [-0.2, -0.15) is 0 Å². The predicted molar refractivity (Wildman–Crippen MR) is 125 cm³/mol. The van der Waals surface area contributed by atoms with Gasteiger partial charge in [-0.15, -0.1) is 0 Å². The van der Waals surface area contributed by atoms with Crippen molar-refractivity contribution in [1.29, 1.82) is 0 Å². The van der Waals surface area contributed by atoms with Crippen molar-refractivity contribution < 1.29 is 38.7 Å². The third-order valence-electron chi connectivity index (χ3n) is 5.68. The number of esters is 2. The summed E-state index contributed by atoms with van der Waals surface area (Å²) < 4.78 is 23.3. The van der Waals surface area contributed by atoms with Crippen LogP contribution in [-0.2, 0) is 28.5 Å². The van der Waals surface area contributed by atoms with E-state index in [0.717, 1.165) is 0 Å². The van der Waals surface area contributed by atoms with E-state index in [1.54, 1.807) is 0 Å². The normalized spacial score (nSPS) is 26.3. The molecule has 2 saturated heterocycles. The molecule has 208 valence electrons. The summed E-state index contributed by atoms with van der Waals surface area (Å²) in [5, 5.41) is 18.3. The average Bonchev–Trinajstić information content (AvgIpc) is 3.42. The quantitative estimate of drug-likeness (QED) is 0.279. The topological polar surface area (TPSA) is 221 Å². The van der Waals surface area contributed by atoms with Crippen LogP contribution in [0.4, 0.5) is 0 Å². The number of aliphatic hydroxyl groups is 2. The molecule has 0 aliphatic carbocycles. The molecular formula is C22H28N4O12. The van der Waals surface area contributed by atoms with Gasteiger partial charge in [-0.05, 0) is 0 Å². The molecule has 2 aromatic heterocycles. The Kier molecular flexibility index (Phi) is 9.51. The van der Waals surface area contributed by atoms with E-state index in [-0.39, 0.29) is 26.1 Å². The predicted octanol–water partition coefficient (Wildman–Crippen LogP) is -2.50. The maximum absolute atomic E-state index is 11.6. The molecule has 6 atom stereocenters. The Labute approximate surface area is 213 Å². The van der Waals surface area contributed by atoms with Crippen LogP contribution in [0.15, 0.2) is 43.7 Å². The van der Waals surface area contributed by atoms with Crippen LogP contribution < -0.4 is 22.5 Å². The number of aromatic nitrogens is 4. The van der Waals surface area contributed by atoms with E-state index in [4.69, 9.17) is 29.2 Å². The fourth-order valence-electron chi connectivity index (χ4n) is 4.05. The summed E-state index contributed by atoms with van der Waals surface area (Å²) in [7, 11) is 0. The standard InChI is InChI=1S/2C11H14N2O6/c2*1-6(15)18-7-4-10(19-8(7)5-14)13-3-2-9(16)12-11(13)17/h2*2-3,7-8,10,14H,4-5H2,1H3,(H,12,16,17)/t2*7-,8+,10+/m00/s1. The Bertz CT molecular complexity index is 1260. The molecule has 0 amide bonds. The van der Waals surface area contributed by atoms with Crippen LogP contribution in [0.5, 0.6) is 0 Å². The van der Waals surface area contributed by atoms with Gasteiger partial charge in [0.25, 0.3) is 11.1 Å². The molecule has 2 aliphatic rings. The van der Waals surface area contributed by atoms with E-state index in [0.29, 0.717) is 0 Å². The maximum atomic E-state index is 11.6. The van der Waals surface area contributed by atoms with Crippen molar-refractivity contribution in [3.05, 3.63) is 66.2 Å². The first-order valence-electron chi connectivity index (χ1n) is 11.5. The number of hydrogen-bond donors (Lipinski definition) is 4. The summed E-state index contributed by atoms with van der Waals surface area (Å²) in [5.74, 6) is -0.969. The minimum atomic E-state index is -0.689. The number of carbonyl (C=O) groups is 2. The first kappa shape index (κ1) is 28.7. The van der Waals surface area contributed by atoms with E-state index >= 15 is 0 Å². The minimum absolute atomic E-state index is 0.233. The van der Waals surface area contributed by atoms with Crippen LogP contribution in [0.3, 0.4) is 0 Å². The number of hydrogen-bond acceptors (Lipinski definition) is 12. The summed E-state index contributed by atoms with van der Waals surface area (Å²) in [6.45, 7) is 1.86. The number of nitrogens with one attached hydrogen (secondary N) is 2. The first-order chi connectivity index (χ1) is 18.0. The van der Waals surface area contributed by atoms with Gasteiger partial charge in [0.2, 0.25) is 0 Å². The fourth-order valence-corrected chi connectivity index (χ4v) is 4.05. The van der Waals surface area contributed by atoms with Crippen molar-refractivity contribution in [1.82, 2.24) is 19.1 Å². The molecule has 16 nitrogen and oxygen atoms in total. The zero-order chi connectivity index (χ0) is 28.0. The van der Waals surface area contributed by atoms with Gasteiger partial charge in [-0.25, -0.2) is 9.59 Å². The largest absolute Gasteiger partial charge is 0.460 e.